The first-order valence-corrected chi connectivity index (χ1v) is 24.8. The summed E-state index contributed by atoms with van der Waals surface area (Å²) in [6, 6.07) is 0. The number of carbonyl (C=O) groups excluding carboxylic acids is 3. The van der Waals surface area contributed by atoms with Crippen LogP contribution in [0.2, 0.25) is 0 Å². The van der Waals surface area contributed by atoms with Crippen molar-refractivity contribution in [2.75, 3.05) is 13.2 Å². The zero-order valence-corrected chi connectivity index (χ0v) is 39.4. The van der Waals surface area contributed by atoms with E-state index in [-0.39, 0.29) is 31.1 Å². The maximum atomic E-state index is 12.8. The van der Waals surface area contributed by atoms with Crippen molar-refractivity contribution in [3.63, 3.8) is 0 Å². The Hall–Kier alpha value is -3.67. The minimum Gasteiger partial charge on any atom is -0.462 e. The van der Waals surface area contributed by atoms with Crippen molar-refractivity contribution in [3.05, 3.63) is 97.2 Å². The van der Waals surface area contributed by atoms with E-state index in [1.165, 1.54) is 77.0 Å². The molecule has 0 aliphatic heterocycles. The number of carbonyl (C=O) groups is 3. The molecule has 61 heavy (non-hydrogen) atoms. The molecule has 0 aliphatic rings. The molecular formula is C55H90O6. The van der Waals surface area contributed by atoms with Gasteiger partial charge in [0.1, 0.15) is 13.2 Å². The molecule has 346 valence electrons. The maximum Gasteiger partial charge on any atom is 0.306 e. The standard InChI is InChI=1S/C55H90O6/c1-4-7-10-13-16-19-22-25-27-30-33-36-39-42-45-48-54(57)60-51-52(50-59-53(56)47-44-41-38-35-32-29-24-21-18-15-12-9-6-3)61-55(58)49-46-43-40-37-34-31-28-26-23-20-17-14-11-8-5-2/h7,9-10,12-13,15-16,18-19,21-22,24-25,27,30,33,52H,4-6,8,11,14,17,20,23,26,28-29,31-32,34-51H2,1-3H3/b10-7+,12-9+,16-13+,18-15+,22-19+,24-21+,27-25+,33-30+. The van der Waals surface area contributed by atoms with Crippen molar-refractivity contribution >= 4 is 17.9 Å². The topological polar surface area (TPSA) is 78.9 Å². The molecule has 0 aliphatic carbocycles. The molecule has 0 aromatic rings. The Morgan fingerprint density at radius 3 is 1.02 bits per heavy atom. The Balaban J connectivity index is 4.49. The summed E-state index contributed by atoms with van der Waals surface area (Å²) in [6.07, 6.45) is 63.9. The third-order valence-electron chi connectivity index (χ3n) is 10.3. The van der Waals surface area contributed by atoms with Crippen LogP contribution in [0.3, 0.4) is 0 Å². The van der Waals surface area contributed by atoms with Crippen LogP contribution in [0.5, 0.6) is 0 Å². The van der Waals surface area contributed by atoms with E-state index < -0.39 is 6.10 Å². The van der Waals surface area contributed by atoms with Gasteiger partial charge in [0, 0.05) is 19.3 Å². The fourth-order valence-corrected chi connectivity index (χ4v) is 6.58. The number of hydrogen-bond acceptors (Lipinski definition) is 6. The molecule has 0 heterocycles. The van der Waals surface area contributed by atoms with Crippen LogP contribution in [0.1, 0.15) is 213 Å². The van der Waals surface area contributed by atoms with E-state index >= 15 is 0 Å². The average Bonchev–Trinajstić information content (AvgIpc) is 3.26. The molecule has 1 atom stereocenters. The van der Waals surface area contributed by atoms with Gasteiger partial charge >= 0.3 is 17.9 Å². The summed E-state index contributed by atoms with van der Waals surface area (Å²) >= 11 is 0. The molecule has 0 saturated heterocycles. The number of hydrogen-bond donors (Lipinski definition) is 0. The van der Waals surface area contributed by atoms with Crippen LogP contribution in [-0.4, -0.2) is 37.2 Å². The summed E-state index contributed by atoms with van der Waals surface area (Å²) in [5, 5.41) is 0. The quantitative estimate of drug-likeness (QED) is 0.0263. The van der Waals surface area contributed by atoms with Crippen LogP contribution in [0.25, 0.3) is 0 Å². The van der Waals surface area contributed by atoms with E-state index in [0.29, 0.717) is 19.3 Å². The summed E-state index contributed by atoms with van der Waals surface area (Å²) in [5.74, 6) is -0.966. The summed E-state index contributed by atoms with van der Waals surface area (Å²) in [4.78, 5) is 37.9. The number of esters is 3. The molecule has 0 amide bonds. The molecule has 6 heteroatoms. The normalized spacial score (nSPS) is 12.9. The highest BCUT2D eigenvalue weighted by molar-refractivity contribution is 5.71. The van der Waals surface area contributed by atoms with Gasteiger partial charge in [-0.05, 0) is 57.8 Å². The van der Waals surface area contributed by atoms with Gasteiger partial charge in [0.2, 0.25) is 0 Å². The van der Waals surface area contributed by atoms with E-state index in [1.54, 1.807) is 0 Å². The van der Waals surface area contributed by atoms with Crippen molar-refractivity contribution in [2.24, 2.45) is 0 Å². The Kier molecular flexibility index (Phi) is 46.0. The largest absolute Gasteiger partial charge is 0.462 e. The third kappa shape index (κ3) is 47.2. The molecule has 0 rings (SSSR count). The first-order chi connectivity index (χ1) is 30.0. The van der Waals surface area contributed by atoms with Gasteiger partial charge in [-0.1, -0.05) is 234 Å². The van der Waals surface area contributed by atoms with Gasteiger partial charge in [0.15, 0.2) is 6.10 Å². The second kappa shape index (κ2) is 49.0. The van der Waals surface area contributed by atoms with Crippen molar-refractivity contribution < 1.29 is 28.6 Å². The lowest BCUT2D eigenvalue weighted by molar-refractivity contribution is -0.167. The van der Waals surface area contributed by atoms with Gasteiger partial charge in [-0.2, -0.15) is 0 Å². The first kappa shape index (κ1) is 57.3. The Bertz CT molecular complexity index is 1250. The lowest BCUT2D eigenvalue weighted by Gasteiger charge is -2.18. The molecule has 0 aromatic carbocycles. The zero-order chi connectivity index (χ0) is 44.4. The maximum absolute atomic E-state index is 12.8. The summed E-state index contributed by atoms with van der Waals surface area (Å²) in [5.41, 5.74) is 0. The van der Waals surface area contributed by atoms with Crippen molar-refractivity contribution in [3.8, 4) is 0 Å². The highest BCUT2D eigenvalue weighted by Crippen LogP contribution is 2.15. The van der Waals surface area contributed by atoms with Crippen LogP contribution in [0.15, 0.2) is 97.2 Å². The molecule has 1 unspecified atom stereocenters. The van der Waals surface area contributed by atoms with Crippen LogP contribution in [0, 0.1) is 0 Å². The summed E-state index contributed by atoms with van der Waals surface area (Å²) in [6.45, 7) is 6.30. The van der Waals surface area contributed by atoms with E-state index in [0.717, 1.165) is 96.3 Å². The van der Waals surface area contributed by atoms with Gasteiger partial charge < -0.3 is 14.2 Å². The number of ether oxygens (including phenoxy) is 3. The molecule has 6 nitrogen and oxygen atoms in total. The van der Waals surface area contributed by atoms with Gasteiger partial charge in [-0.25, -0.2) is 0 Å². The summed E-state index contributed by atoms with van der Waals surface area (Å²) < 4.78 is 16.7. The van der Waals surface area contributed by atoms with Gasteiger partial charge in [-0.15, -0.1) is 0 Å². The van der Waals surface area contributed by atoms with Gasteiger partial charge in [0.05, 0.1) is 0 Å². The zero-order valence-electron chi connectivity index (χ0n) is 39.4. The van der Waals surface area contributed by atoms with Crippen molar-refractivity contribution in [1.29, 1.82) is 0 Å². The van der Waals surface area contributed by atoms with E-state index in [2.05, 4.69) is 69.4 Å². The highest BCUT2D eigenvalue weighted by atomic mass is 16.6. The number of unbranched alkanes of at least 4 members (excludes halogenated alkanes) is 22. The first-order valence-electron chi connectivity index (χ1n) is 24.8. The van der Waals surface area contributed by atoms with E-state index in [4.69, 9.17) is 14.2 Å². The fraction of sp³-hybridized carbons (Fsp3) is 0.655. The Morgan fingerprint density at radius 1 is 0.344 bits per heavy atom. The fourth-order valence-electron chi connectivity index (χ4n) is 6.58. The summed E-state index contributed by atoms with van der Waals surface area (Å²) in [7, 11) is 0. The van der Waals surface area contributed by atoms with Crippen LogP contribution < -0.4 is 0 Å². The average molecular weight is 847 g/mol. The predicted molar refractivity (Wildman–Crippen MR) is 260 cm³/mol. The SMILES string of the molecule is CC/C=C/C=C/C=C/C=C/C=C/CCCCCC(=O)OCC(COC(=O)CCCCCCC/C=C/C=C/C=C/CC)OC(=O)CCCCCCCCCCCCCCCCC. The third-order valence-corrected chi connectivity index (χ3v) is 10.3. The second-order valence-electron chi connectivity index (χ2n) is 16.2. The minimum atomic E-state index is -0.802. The van der Waals surface area contributed by atoms with Crippen LogP contribution in [0.4, 0.5) is 0 Å². The smallest absolute Gasteiger partial charge is 0.306 e. The van der Waals surface area contributed by atoms with Crippen LogP contribution >= 0.6 is 0 Å². The monoisotopic (exact) mass is 847 g/mol. The molecule has 0 saturated carbocycles. The van der Waals surface area contributed by atoms with Gasteiger partial charge in [-0.3, -0.25) is 14.4 Å². The molecule has 0 N–H and O–H groups in total. The van der Waals surface area contributed by atoms with Crippen molar-refractivity contribution in [1.82, 2.24) is 0 Å². The predicted octanol–water partition coefficient (Wildman–Crippen LogP) is 16.2. The molecular weight excluding hydrogens is 757 g/mol. The second-order valence-corrected chi connectivity index (χ2v) is 16.2. The number of rotatable bonds is 43. The number of allylic oxidation sites excluding steroid dienone is 16. The Morgan fingerprint density at radius 2 is 0.639 bits per heavy atom. The minimum absolute atomic E-state index is 0.102. The lowest BCUT2D eigenvalue weighted by Crippen LogP contribution is -2.30. The molecule has 0 radical (unpaired) electrons. The van der Waals surface area contributed by atoms with Crippen LogP contribution in [-0.2, 0) is 28.6 Å². The van der Waals surface area contributed by atoms with Crippen molar-refractivity contribution in [2.45, 2.75) is 219 Å². The Labute approximate surface area is 375 Å². The molecule has 0 aromatic heterocycles. The van der Waals surface area contributed by atoms with E-state index in [1.807, 2.05) is 48.6 Å². The van der Waals surface area contributed by atoms with Gasteiger partial charge in [0.25, 0.3) is 0 Å². The highest BCUT2D eigenvalue weighted by Gasteiger charge is 2.19. The van der Waals surface area contributed by atoms with E-state index in [9.17, 15) is 14.4 Å². The molecule has 0 spiro atoms. The molecule has 0 bridgehead atoms. The lowest BCUT2D eigenvalue weighted by atomic mass is 10.0. The molecule has 0 fully saturated rings.